The number of hydrogen-bond donors (Lipinski definition) is 1. The Labute approximate surface area is 128 Å². The highest BCUT2D eigenvalue weighted by molar-refractivity contribution is 5.83. The Morgan fingerprint density at radius 3 is 3.05 bits per heavy atom. The summed E-state index contributed by atoms with van der Waals surface area (Å²) in [6, 6.07) is 7.86. The Morgan fingerprint density at radius 2 is 2.18 bits per heavy atom. The van der Waals surface area contributed by atoms with Crippen molar-refractivity contribution in [3.8, 4) is 17.2 Å². The summed E-state index contributed by atoms with van der Waals surface area (Å²) in [5.41, 5.74) is 4.44. The molecule has 112 valence electrons. The second-order valence-corrected chi connectivity index (χ2v) is 5.39. The Morgan fingerprint density at radius 1 is 1.27 bits per heavy atom. The molecule has 1 aromatic rings. The lowest BCUT2D eigenvalue weighted by atomic mass is 10.1. The Kier molecular flexibility index (Phi) is 2.99. The van der Waals surface area contributed by atoms with Crippen LogP contribution < -0.4 is 15.4 Å². The molecule has 5 nitrogen and oxygen atoms in total. The molecular formula is C17H17N3O2. The van der Waals surface area contributed by atoms with E-state index in [1.54, 1.807) is 0 Å². The molecule has 5 heteroatoms. The van der Waals surface area contributed by atoms with E-state index in [-0.39, 0.29) is 0 Å². The molecule has 1 aromatic carbocycles. The topological polar surface area (TPSA) is 59.7 Å². The molecule has 1 N–H and O–H groups in total. The first-order valence-electron chi connectivity index (χ1n) is 7.51. The van der Waals surface area contributed by atoms with Crippen molar-refractivity contribution >= 4 is 16.8 Å². The highest BCUT2D eigenvalue weighted by Crippen LogP contribution is 2.34. The molecule has 0 saturated heterocycles. The van der Waals surface area contributed by atoms with Gasteiger partial charge in [-0.15, -0.1) is 0 Å². The monoisotopic (exact) mass is 295 g/mol. The van der Waals surface area contributed by atoms with Crippen molar-refractivity contribution in [2.45, 2.75) is 13.8 Å². The molecule has 2 aliphatic heterocycles. The summed E-state index contributed by atoms with van der Waals surface area (Å²) >= 11 is 0. The smallest absolute Gasteiger partial charge is 0.155 e. The number of aromatic nitrogens is 1. The fourth-order valence-corrected chi connectivity index (χ4v) is 2.74. The molecule has 0 atom stereocenters. The Balaban J connectivity index is 1.99. The van der Waals surface area contributed by atoms with Crippen LogP contribution in [0.3, 0.4) is 0 Å². The van der Waals surface area contributed by atoms with Gasteiger partial charge in [0.1, 0.15) is 23.6 Å². The molecule has 0 saturated carbocycles. The van der Waals surface area contributed by atoms with Crippen molar-refractivity contribution in [1.29, 1.82) is 0 Å². The molecule has 0 bridgehead atoms. The second kappa shape index (κ2) is 5.02. The highest BCUT2D eigenvalue weighted by Gasteiger charge is 2.15. The van der Waals surface area contributed by atoms with Crippen LogP contribution in [0.25, 0.3) is 22.6 Å². The van der Waals surface area contributed by atoms with E-state index >= 15 is 0 Å². The average molecular weight is 295 g/mol. The summed E-state index contributed by atoms with van der Waals surface area (Å²) in [7, 11) is 0. The number of nitrogens with zero attached hydrogens (tertiary/aromatic N) is 2. The van der Waals surface area contributed by atoms with Gasteiger partial charge in [-0.1, -0.05) is 0 Å². The minimum absolute atomic E-state index is 0.671. The lowest BCUT2D eigenvalue weighted by Gasteiger charge is -2.19. The summed E-state index contributed by atoms with van der Waals surface area (Å²) in [4.78, 5) is 9.19. The predicted octanol–water partition coefficient (Wildman–Crippen LogP) is 2.97. The molecule has 0 amide bonds. The third-order valence-corrected chi connectivity index (χ3v) is 3.80. The van der Waals surface area contributed by atoms with Gasteiger partial charge in [0.05, 0.1) is 11.0 Å². The van der Waals surface area contributed by atoms with Crippen molar-refractivity contribution in [1.82, 2.24) is 4.98 Å². The Bertz CT molecular complexity index is 898. The van der Waals surface area contributed by atoms with E-state index in [1.165, 1.54) is 0 Å². The zero-order chi connectivity index (χ0) is 15.1. The number of rotatable bonds is 1. The summed E-state index contributed by atoms with van der Waals surface area (Å²) in [6.45, 7) is 6.29. The maximum absolute atomic E-state index is 6.04. The molecule has 22 heavy (non-hydrogen) atoms. The summed E-state index contributed by atoms with van der Waals surface area (Å²) < 4.78 is 11.7. The zero-order valence-electron chi connectivity index (χ0n) is 12.6. The van der Waals surface area contributed by atoms with Gasteiger partial charge < -0.3 is 14.5 Å². The van der Waals surface area contributed by atoms with E-state index in [1.807, 2.05) is 38.1 Å². The molecule has 4 rings (SSSR count). The molecule has 0 radical (unpaired) electrons. The van der Waals surface area contributed by atoms with Gasteiger partial charge in [-0.3, -0.25) is 4.99 Å². The zero-order valence-corrected chi connectivity index (χ0v) is 12.6. The molecule has 0 aromatic heterocycles. The number of nitrogens with one attached hydrogen (secondary N) is 1. The van der Waals surface area contributed by atoms with Gasteiger partial charge in [-0.2, -0.15) is 0 Å². The molecule has 3 aliphatic rings. The van der Waals surface area contributed by atoms with Crippen LogP contribution in [0.5, 0.6) is 5.75 Å². The van der Waals surface area contributed by atoms with Gasteiger partial charge in [-0.05, 0) is 25.5 Å². The number of hydrogen-bond acceptors (Lipinski definition) is 5. The first-order valence-corrected chi connectivity index (χ1v) is 7.51. The number of anilines is 1. The fourth-order valence-electron chi connectivity index (χ4n) is 2.74. The maximum atomic E-state index is 6.04. The van der Waals surface area contributed by atoms with Crippen molar-refractivity contribution in [2.75, 3.05) is 25.0 Å². The van der Waals surface area contributed by atoms with Crippen molar-refractivity contribution in [3.05, 3.63) is 35.2 Å². The summed E-state index contributed by atoms with van der Waals surface area (Å²) in [6.07, 6.45) is 0. The first kappa shape index (κ1) is 13.1. The van der Waals surface area contributed by atoms with Crippen LogP contribution in [0.15, 0.2) is 33.7 Å². The van der Waals surface area contributed by atoms with Gasteiger partial charge in [0, 0.05) is 31.3 Å². The van der Waals surface area contributed by atoms with Crippen LogP contribution in [0, 0.1) is 6.92 Å². The van der Waals surface area contributed by atoms with E-state index in [0.29, 0.717) is 6.61 Å². The molecule has 0 unspecified atom stereocenters. The number of aryl methyl sites for hydroxylation is 1. The minimum Gasteiger partial charge on any atom is -0.490 e. The van der Waals surface area contributed by atoms with Gasteiger partial charge in [0.15, 0.2) is 11.3 Å². The van der Waals surface area contributed by atoms with Gasteiger partial charge >= 0.3 is 0 Å². The molecular weight excluding hydrogens is 278 g/mol. The number of ether oxygens (including phenoxy) is 1. The van der Waals surface area contributed by atoms with Crippen LogP contribution in [0.1, 0.15) is 12.5 Å². The first-order chi connectivity index (χ1) is 10.7. The quantitative estimate of drug-likeness (QED) is 0.701. The summed E-state index contributed by atoms with van der Waals surface area (Å²) in [5.74, 6) is 1.58. The SMILES string of the molecule is CC/N=c1/cc2oc3cc4c(cc3nc-2cc1C)OCCN4. The third kappa shape index (κ3) is 2.09. The molecule has 0 spiro atoms. The van der Waals surface area contributed by atoms with Gasteiger partial charge in [0.25, 0.3) is 0 Å². The van der Waals surface area contributed by atoms with Crippen LogP contribution in [0.4, 0.5) is 5.69 Å². The number of fused-ring (bicyclic) bond motifs is 3. The fraction of sp³-hybridized carbons (Fsp3) is 0.294. The highest BCUT2D eigenvalue weighted by atomic mass is 16.5. The van der Waals surface area contributed by atoms with Gasteiger partial charge in [-0.25, -0.2) is 4.98 Å². The lowest BCUT2D eigenvalue weighted by Crippen LogP contribution is -2.17. The van der Waals surface area contributed by atoms with Crippen molar-refractivity contribution in [3.63, 3.8) is 0 Å². The second-order valence-electron chi connectivity index (χ2n) is 5.39. The Hall–Kier alpha value is -2.56. The van der Waals surface area contributed by atoms with E-state index in [9.17, 15) is 0 Å². The lowest BCUT2D eigenvalue weighted by molar-refractivity contribution is 0.323. The normalized spacial score (nSPS) is 14.7. The number of benzene rings is 2. The van der Waals surface area contributed by atoms with E-state index < -0.39 is 0 Å². The van der Waals surface area contributed by atoms with Crippen LogP contribution >= 0.6 is 0 Å². The average Bonchev–Trinajstić information content (AvgIpc) is 2.52. The van der Waals surface area contributed by atoms with Crippen LogP contribution in [-0.2, 0) is 0 Å². The van der Waals surface area contributed by atoms with E-state index in [2.05, 4.69) is 10.3 Å². The van der Waals surface area contributed by atoms with E-state index in [4.69, 9.17) is 14.1 Å². The van der Waals surface area contributed by atoms with Gasteiger partial charge in [0.2, 0.25) is 0 Å². The van der Waals surface area contributed by atoms with E-state index in [0.717, 1.165) is 58.0 Å². The maximum Gasteiger partial charge on any atom is 0.155 e. The molecule has 0 fully saturated rings. The molecule has 1 aliphatic carbocycles. The predicted molar refractivity (Wildman–Crippen MR) is 85.5 cm³/mol. The minimum atomic E-state index is 0.671. The van der Waals surface area contributed by atoms with Crippen LogP contribution in [0.2, 0.25) is 0 Å². The largest absolute Gasteiger partial charge is 0.490 e. The van der Waals surface area contributed by atoms with Crippen molar-refractivity contribution in [2.24, 2.45) is 4.99 Å². The third-order valence-electron chi connectivity index (χ3n) is 3.80. The van der Waals surface area contributed by atoms with Crippen LogP contribution in [-0.4, -0.2) is 24.7 Å². The standard InChI is InChI=1S/C17H17N3O2/c1-3-18-11-7-16-13(6-10(11)2)20-14-9-15-12(8-17(14)22-16)19-4-5-21-15/h6-9,19H,3-5H2,1-2H3/b18-11-. The molecule has 2 heterocycles. The van der Waals surface area contributed by atoms with Crippen molar-refractivity contribution < 1.29 is 9.15 Å². The summed E-state index contributed by atoms with van der Waals surface area (Å²) in [5, 5.41) is 4.27.